The topological polar surface area (TPSA) is 88.8 Å². The number of carbonyl (C=O) groups excluding carboxylic acids is 1. The summed E-state index contributed by atoms with van der Waals surface area (Å²) >= 11 is 0. The zero-order valence-electron chi connectivity index (χ0n) is 14.5. The molecule has 1 unspecified atom stereocenters. The molecule has 1 aromatic carbocycles. The van der Waals surface area contributed by atoms with Crippen LogP contribution in [0.4, 0.5) is 0 Å². The second-order valence-corrected chi connectivity index (χ2v) is 5.70. The molecule has 2 N–H and O–H groups in total. The van der Waals surface area contributed by atoms with Crippen molar-refractivity contribution in [1.29, 1.82) is 0 Å². The van der Waals surface area contributed by atoms with Crippen LogP contribution in [0.2, 0.25) is 0 Å². The summed E-state index contributed by atoms with van der Waals surface area (Å²) < 4.78 is 10.9. The molecule has 0 bridgehead atoms. The molecule has 134 valence electrons. The van der Waals surface area contributed by atoms with Crippen molar-refractivity contribution >= 4 is 11.9 Å². The average molecular weight is 345 g/mol. The molecule has 1 amide bonds. The summed E-state index contributed by atoms with van der Waals surface area (Å²) in [4.78, 5) is 23.5. The van der Waals surface area contributed by atoms with E-state index >= 15 is 0 Å². The van der Waals surface area contributed by atoms with Crippen molar-refractivity contribution in [2.75, 3.05) is 13.7 Å². The van der Waals surface area contributed by atoms with Crippen LogP contribution in [0.3, 0.4) is 0 Å². The van der Waals surface area contributed by atoms with Gasteiger partial charge in [0, 0.05) is 20.0 Å². The molecular formula is C19H23NO5. The van der Waals surface area contributed by atoms with Crippen LogP contribution in [0, 0.1) is 0 Å². The van der Waals surface area contributed by atoms with E-state index in [2.05, 4.69) is 5.32 Å². The van der Waals surface area contributed by atoms with Crippen molar-refractivity contribution in [3.05, 3.63) is 59.0 Å². The van der Waals surface area contributed by atoms with E-state index in [0.29, 0.717) is 24.4 Å². The lowest BCUT2D eigenvalue weighted by Crippen LogP contribution is -2.31. The van der Waals surface area contributed by atoms with Gasteiger partial charge in [0.1, 0.15) is 17.6 Å². The zero-order valence-corrected chi connectivity index (χ0v) is 14.5. The summed E-state index contributed by atoms with van der Waals surface area (Å²) in [5.41, 5.74) is 0.863. The number of benzene rings is 1. The van der Waals surface area contributed by atoms with Gasteiger partial charge in [-0.2, -0.15) is 0 Å². The molecule has 0 saturated heterocycles. The summed E-state index contributed by atoms with van der Waals surface area (Å²) in [5.74, 6) is 0.325. The van der Waals surface area contributed by atoms with Crippen molar-refractivity contribution in [1.82, 2.24) is 5.32 Å². The Morgan fingerprint density at radius 2 is 2.00 bits per heavy atom. The quantitative estimate of drug-likeness (QED) is 0.729. The fraction of sp³-hybridized carbons (Fsp3) is 0.368. The predicted octanol–water partition coefficient (Wildman–Crippen LogP) is 2.98. The van der Waals surface area contributed by atoms with Crippen molar-refractivity contribution in [3.63, 3.8) is 0 Å². The van der Waals surface area contributed by atoms with E-state index < -0.39 is 5.97 Å². The first-order valence-corrected chi connectivity index (χ1v) is 8.23. The molecule has 6 heteroatoms. The fourth-order valence-corrected chi connectivity index (χ4v) is 2.60. The number of nitrogens with one attached hydrogen (secondary N) is 1. The Hall–Kier alpha value is -2.60. The number of rotatable bonds is 9. The Balaban J connectivity index is 1.99. The summed E-state index contributed by atoms with van der Waals surface area (Å²) in [7, 11) is 1.56. The number of carboxylic acids is 1. The van der Waals surface area contributed by atoms with E-state index in [1.54, 1.807) is 31.4 Å². The van der Waals surface area contributed by atoms with Gasteiger partial charge in [-0.1, -0.05) is 25.1 Å². The third kappa shape index (κ3) is 5.19. The lowest BCUT2D eigenvalue weighted by molar-refractivity contribution is -0.122. The summed E-state index contributed by atoms with van der Waals surface area (Å²) in [5, 5.41) is 12.1. The molecule has 0 fully saturated rings. The molecule has 0 saturated carbocycles. The van der Waals surface area contributed by atoms with Crippen LogP contribution in [-0.4, -0.2) is 30.7 Å². The molecule has 2 rings (SSSR count). The van der Waals surface area contributed by atoms with Gasteiger partial charge in [0.15, 0.2) is 0 Å². The number of methoxy groups -OCH3 is 1. The van der Waals surface area contributed by atoms with Crippen molar-refractivity contribution in [3.8, 4) is 0 Å². The predicted molar refractivity (Wildman–Crippen MR) is 92.6 cm³/mol. The Morgan fingerprint density at radius 1 is 1.24 bits per heavy atom. The number of aromatic carboxylic acids is 1. The maximum Gasteiger partial charge on any atom is 0.335 e. The van der Waals surface area contributed by atoms with Gasteiger partial charge in [-0.25, -0.2) is 4.79 Å². The minimum absolute atomic E-state index is 0.184. The average Bonchev–Trinajstić information content (AvgIpc) is 3.09. The first kappa shape index (κ1) is 18.7. The third-order valence-electron chi connectivity index (χ3n) is 3.91. The highest BCUT2D eigenvalue weighted by Gasteiger charge is 2.18. The number of furan rings is 1. The Labute approximate surface area is 146 Å². The summed E-state index contributed by atoms with van der Waals surface area (Å²) in [6.45, 7) is 2.29. The van der Waals surface area contributed by atoms with Crippen LogP contribution >= 0.6 is 0 Å². The summed E-state index contributed by atoms with van der Waals surface area (Å²) in [6, 6.07) is 10.1. The van der Waals surface area contributed by atoms with Gasteiger partial charge in [0.05, 0.1) is 12.2 Å². The van der Waals surface area contributed by atoms with Gasteiger partial charge < -0.3 is 19.6 Å². The number of amides is 1. The molecule has 0 aliphatic heterocycles. The fourth-order valence-electron chi connectivity index (χ4n) is 2.60. The molecule has 0 aliphatic carbocycles. The Bertz CT molecular complexity index is 722. The normalized spacial score (nSPS) is 11.9. The van der Waals surface area contributed by atoms with Crippen molar-refractivity contribution in [2.45, 2.75) is 32.2 Å². The molecule has 0 radical (unpaired) electrons. The molecule has 0 spiro atoms. The van der Waals surface area contributed by atoms with E-state index in [1.165, 1.54) is 0 Å². The lowest BCUT2D eigenvalue weighted by atomic mass is 10.0. The van der Waals surface area contributed by atoms with E-state index in [4.69, 9.17) is 9.15 Å². The number of hydrogen-bond donors (Lipinski definition) is 2. The second kappa shape index (κ2) is 9.03. The van der Waals surface area contributed by atoms with Crippen molar-refractivity contribution < 1.29 is 23.8 Å². The van der Waals surface area contributed by atoms with Crippen molar-refractivity contribution in [2.24, 2.45) is 0 Å². The van der Waals surface area contributed by atoms with Gasteiger partial charge in [-0.3, -0.25) is 4.79 Å². The number of hydrogen-bond acceptors (Lipinski definition) is 4. The number of carbonyl (C=O) groups is 2. The largest absolute Gasteiger partial charge is 0.478 e. The molecule has 1 aromatic heterocycles. The van der Waals surface area contributed by atoms with Gasteiger partial charge in [-0.15, -0.1) is 0 Å². The minimum Gasteiger partial charge on any atom is -0.478 e. The first-order chi connectivity index (χ1) is 12.0. The molecule has 25 heavy (non-hydrogen) atoms. The summed E-state index contributed by atoms with van der Waals surface area (Å²) in [6.07, 6.45) is 1.32. The van der Waals surface area contributed by atoms with Crippen LogP contribution in [0.5, 0.6) is 0 Å². The maximum atomic E-state index is 12.3. The third-order valence-corrected chi connectivity index (χ3v) is 3.91. The van der Waals surface area contributed by atoms with Crippen LogP contribution in [0.15, 0.2) is 40.8 Å². The zero-order chi connectivity index (χ0) is 18.2. The van der Waals surface area contributed by atoms with E-state index in [9.17, 15) is 14.7 Å². The van der Waals surface area contributed by atoms with Gasteiger partial charge in [0.2, 0.25) is 5.91 Å². The SMILES string of the molecule is CCc1ccc(C(COC)NC(=O)CCc2ccccc2C(=O)O)o1. The monoisotopic (exact) mass is 345 g/mol. The minimum atomic E-state index is -0.990. The lowest BCUT2D eigenvalue weighted by Gasteiger charge is -2.16. The second-order valence-electron chi connectivity index (χ2n) is 5.70. The first-order valence-electron chi connectivity index (χ1n) is 8.23. The number of ether oxygens (including phenoxy) is 1. The Morgan fingerprint density at radius 3 is 2.64 bits per heavy atom. The smallest absolute Gasteiger partial charge is 0.335 e. The number of carboxylic acid groups (broad SMARTS) is 1. The van der Waals surface area contributed by atoms with Crippen LogP contribution < -0.4 is 5.32 Å². The van der Waals surface area contributed by atoms with Crippen LogP contribution in [0.25, 0.3) is 0 Å². The van der Waals surface area contributed by atoms with E-state index in [-0.39, 0.29) is 23.9 Å². The Kier molecular flexibility index (Phi) is 6.77. The highest BCUT2D eigenvalue weighted by molar-refractivity contribution is 5.89. The van der Waals surface area contributed by atoms with E-state index in [1.807, 2.05) is 19.1 Å². The molecule has 1 atom stereocenters. The van der Waals surface area contributed by atoms with Gasteiger partial charge in [0.25, 0.3) is 0 Å². The van der Waals surface area contributed by atoms with Gasteiger partial charge in [-0.05, 0) is 30.2 Å². The molecule has 1 heterocycles. The van der Waals surface area contributed by atoms with Crippen LogP contribution in [0.1, 0.15) is 46.8 Å². The van der Waals surface area contributed by atoms with Gasteiger partial charge >= 0.3 is 5.97 Å². The van der Waals surface area contributed by atoms with Crippen LogP contribution in [-0.2, 0) is 22.4 Å². The molecule has 6 nitrogen and oxygen atoms in total. The maximum absolute atomic E-state index is 12.3. The number of aryl methyl sites for hydroxylation is 2. The highest BCUT2D eigenvalue weighted by atomic mass is 16.5. The standard InChI is InChI=1S/C19H23NO5/c1-3-14-9-10-17(25-14)16(12-24-2)20-18(21)11-8-13-6-4-5-7-15(13)19(22)23/h4-7,9-10,16H,3,8,11-12H2,1-2H3,(H,20,21)(H,22,23). The molecular weight excluding hydrogens is 322 g/mol. The molecule has 2 aromatic rings. The van der Waals surface area contributed by atoms with E-state index in [0.717, 1.165) is 12.2 Å². The highest BCUT2D eigenvalue weighted by Crippen LogP contribution is 2.18. The molecule has 0 aliphatic rings.